The van der Waals surface area contributed by atoms with Crippen LogP contribution in [0.5, 0.6) is 0 Å². The van der Waals surface area contributed by atoms with Crippen molar-refractivity contribution in [3.05, 3.63) is 71.3 Å². The predicted octanol–water partition coefficient (Wildman–Crippen LogP) is 4.09. The van der Waals surface area contributed by atoms with E-state index in [9.17, 15) is 22.8 Å². The molecular weight excluding hydrogens is 357 g/mol. The van der Waals surface area contributed by atoms with E-state index in [1.807, 2.05) is 0 Å². The molecule has 0 saturated heterocycles. The highest BCUT2D eigenvalue weighted by atomic mass is 19.4. The lowest BCUT2D eigenvalue weighted by molar-refractivity contribution is -0.137. The summed E-state index contributed by atoms with van der Waals surface area (Å²) in [7, 11) is 0. The number of amides is 2. The van der Waals surface area contributed by atoms with E-state index in [4.69, 9.17) is 0 Å². The average molecular weight is 378 g/mol. The summed E-state index contributed by atoms with van der Waals surface area (Å²) in [4.78, 5) is 24.2. The summed E-state index contributed by atoms with van der Waals surface area (Å²) in [6, 6.07) is 12.4. The second-order valence-electron chi connectivity index (χ2n) is 6.36. The van der Waals surface area contributed by atoms with Crippen LogP contribution in [0.2, 0.25) is 0 Å². The highest BCUT2D eigenvalue weighted by Gasteiger charge is 2.30. The van der Waals surface area contributed by atoms with Gasteiger partial charge in [0.05, 0.1) is 11.6 Å². The van der Waals surface area contributed by atoms with Crippen LogP contribution in [0.1, 0.15) is 47.8 Å². The van der Waals surface area contributed by atoms with Crippen molar-refractivity contribution in [3.8, 4) is 0 Å². The molecule has 2 atom stereocenters. The van der Waals surface area contributed by atoms with Crippen molar-refractivity contribution in [2.45, 2.75) is 38.5 Å². The zero-order valence-electron chi connectivity index (χ0n) is 15.0. The lowest BCUT2D eigenvalue weighted by Gasteiger charge is -2.18. The summed E-state index contributed by atoms with van der Waals surface area (Å²) in [5, 5.41) is 5.38. The van der Waals surface area contributed by atoms with Crippen LogP contribution in [0.4, 0.5) is 13.2 Å². The molecule has 2 aromatic carbocycles. The zero-order valence-corrected chi connectivity index (χ0v) is 15.0. The lowest BCUT2D eigenvalue weighted by atomic mass is 10.0. The highest BCUT2D eigenvalue weighted by Crippen LogP contribution is 2.30. The van der Waals surface area contributed by atoms with E-state index in [0.29, 0.717) is 11.1 Å². The van der Waals surface area contributed by atoms with Crippen LogP contribution in [0.3, 0.4) is 0 Å². The van der Waals surface area contributed by atoms with Crippen molar-refractivity contribution in [1.29, 1.82) is 0 Å². The quantitative estimate of drug-likeness (QED) is 0.795. The molecule has 2 aromatic rings. The molecule has 0 aliphatic rings. The van der Waals surface area contributed by atoms with Gasteiger partial charge in [-0.25, -0.2) is 0 Å². The van der Waals surface area contributed by atoms with E-state index in [1.54, 1.807) is 44.2 Å². The van der Waals surface area contributed by atoms with Gasteiger partial charge in [0.2, 0.25) is 5.91 Å². The zero-order chi connectivity index (χ0) is 20.0. The van der Waals surface area contributed by atoms with E-state index in [-0.39, 0.29) is 18.2 Å². The molecule has 0 fully saturated rings. The maximum atomic E-state index is 12.8. The topological polar surface area (TPSA) is 58.2 Å². The van der Waals surface area contributed by atoms with Crippen LogP contribution >= 0.6 is 0 Å². The monoisotopic (exact) mass is 378 g/mol. The smallest absolute Gasteiger partial charge is 0.350 e. The largest absolute Gasteiger partial charge is 0.416 e. The number of rotatable bonds is 6. The fraction of sp³-hybridized carbons (Fsp3) is 0.300. The summed E-state index contributed by atoms with van der Waals surface area (Å²) in [5.41, 5.74) is 0.0887. The van der Waals surface area contributed by atoms with Crippen LogP contribution in [-0.4, -0.2) is 17.9 Å². The summed E-state index contributed by atoms with van der Waals surface area (Å²) in [6.45, 7) is 3.30. The van der Waals surface area contributed by atoms with E-state index >= 15 is 0 Å². The van der Waals surface area contributed by atoms with Crippen molar-refractivity contribution in [2.75, 3.05) is 0 Å². The Kier molecular flexibility index (Phi) is 6.60. The summed E-state index contributed by atoms with van der Waals surface area (Å²) in [5.74, 6) is -0.650. The van der Waals surface area contributed by atoms with Gasteiger partial charge in [-0.1, -0.05) is 30.3 Å². The van der Waals surface area contributed by atoms with Crippen LogP contribution in [0.15, 0.2) is 54.6 Å². The highest BCUT2D eigenvalue weighted by molar-refractivity contribution is 5.94. The third-order valence-electron chi connectivity index (χ3n) is 4.00. The van der Waals surface area contributed by atoms with Crippen molar-refractivity contribution >= 4 is 11.8 Å². The minimum atomic E-state index is -4.43. The lowest BCUT2D eigenvalue weighted by Crippen LogP contribution is -2.38. The molecule has 144 valence electrons. The van der Waals surface area contributed by atoms with Crippen molar-refractivity contribution in [3.63, 3.8) is 0 Å². The molecule has 7 heteroatoms. The number of hydrogen-bond acceptors (Lipinski definition) is 2. The van der Waals surface area contributed by atoms with Crippen LogP contribution in [0.25, 0.3) is 0 Å². The molecule has 27 heavy (non-hydrogen) atoms. The standard InChI is InChI=1S/C20H21F3N2O2/c1-13(24-19(27)15-7-4-3-5-8-15)11-18(26)25-14(2)16-9-6-10-17(12-16)20(21,22)23/h3-10,12-14H,11H2,1-2H3,(H,24,27)(H,25,26). The summed E-state index contributed by atoms with van der Waals surface area (Å²) < 4.78 is 38.4. The molecule has 0 aliphatic heterocycles. The molecular formula is C20H21F3N2O2. The van der Waals surface area contributed by atoms with Gasteiger partial charge in [-0.05, 0) is 43.7 Å². The van der Waals surface area contributed by atoms with Gasteiger partial charge in [-0.2, -0.15) is 13.2 Å². The third-order valence-corrected chi connectivity index (χ3v) is 4.00. The summed E-state index contributed by atoms with van der Waals surface area (Å²) in [6.07, 6.45) is -4.42. The first kappa shape index (κ1) is 20.5. The van der Waals surface area contributed by atoms with Crippen molar-refractivity contribution in [2.24, 2.45) is 0 Å². The molecule has 2 amide bonds. The normalized spacial score (nSPS) is 13.5. The maximum absolute atomic E-state index is 12.8. The molecule has 2 N–H and O–H groups in total. The predicted molar refractivity (Wildman–Crippen MR) is 96.0 cm³/mol. The minimum Gasteiger partial charge on any atom is -0.350 e. The number of nitrogens with one attached hydrogen (secondary N) is 2. The number of carbonyl (C=O) groups is 2. The number of benzene rings is 2. The molecule has 0 saturated carbocycles. The Morgan fingerprint density at radius 2 is 1.63 bits per heavy atom. The van der Waals surface area contributed by atoms with Gasteiger partial charge in [0.1, 0.15) is 0 Å². The van der Waals surface area contributed by atoms with Gasteiger partial charge < -0.3 is 10.6 Å². The average Bonchev–Trinajstić information content (AvgIpc) is 2.61. The van der Waals surface area contributed by atoms with E-state index < -0.39 is 23.8 Å². The van der Waals surface area contributed by atoms with E-state index in [2.05, 4.69) is 10.6 Å². The number of carbonyl (C=O) groups excluding carboxylic acids is 2. The van der Waals surface area contributed by atoms with E-state index in [0.717, 1.165) is 12.1 Å². The molecule has 0 aromatic heterocycles. The Morgan fingerprint density at radius 1 is 0.963 bits per heavy atom. The van der Waals surface area contributed by atoms with Gasteiger partial charge >= 0.3 is 6.18 Å². The van der Waals surface area contributed by atoms with Gasteiger partial charge in [0.25, 0.3) is 5.91 Å². The second-order valence-corrected chi connectivity index (χ2v) is 6.36. The van der Waals surface area contributed by atoms with Crippen molar-refractivity contribution in [1.82, 2.24) is 10.6 Å². The van der Waals surface area contributed by atoms with Crippen LogP contribution < -0.4 is 10.6 Å². The van der Waals surface area contributed by atoms with Gasteiger partial charge in [0, 0.05) is 18.0 Å². The third kappa shape index (κ3) is 6.13. The van der Waals surface area contributed by atoms with Crippen LogP contribution in [-0.2, 0) is 11.0 Å². The Labute approximate surface area is 155 Å². The minimum absolute atomic E-state index is 0.0157. The SMILES string of the molecule is CC(CC(=O)NC(C)c1cccc(C(F)(F)F)c1)NC(=O)c1ccccc1. The van der Waals surface area contributed by atoms with E-state index in [1.165, 1.54) is 12.1 Å². The fourth-order valence-electron chi connectivity index (χ4n) is 2.59. The molecule has 2 unspecified atom stereocenters. The van der Waals surface area contributed by atoms with Crippen molar-refractivity contribution < 1.29 is 22.8 Å². The first-order valence-electron chi connectivity index (χ1n) is 8.49. The van der Waals surface area contributed by atoms with Gasteiger partial charge in [-0.15, -0.1) is 0 Å². The number of hydrogen-bond donors (Lipinski definition) is 2. The van der Waals surface area contributed by atoms with Gasteiger partial charge in [-0.3, -0.25) is 9.59 Å². The summed E-state index contributed by atoms with van der Waals surface area (Å²) >= 11 is 0. The maximum Gasteiger partial charge on any atom is 0.416 e. The molecule has 0 bridgehead atoms. The first-order chi connectivity index (χ1) is 12.7. The fourth-order valence-corrected chi connectivity index (χ4v) is 2.59. The molecule has 2 rings (SSSR count). The Morgan fingerprint density at radius 3 is 2.26 bits per heavy atom. The first-order valence-corrected chi connectivity index (χ1v) is 8.49. The number of alkyl halides is 3. The Balaban J connectivity index is 1.90. The molecule has 4 nitrogen and oxygen atoms in total. The van der Waals surface area contributed by atoms with Crippen LogP contribution in [0, 0.1) is 0 Å². The Bertz CT molecular complexity index is 791. The molecule has 0 spiro atoms. The molecule has 0 aliphatic carbocycles. The second kappa shape index (κ2) is 8.70. The Hall–Kier alpha value is -2.83. The number of halogens is 3. The molecule has 0 heterocycles. The molecule has 0 radical (unpaired) electrons. The van der Waals surface area contributed by atoms with Gasteiger partial charge in [0.15, 0.2) is 0 Å².